The average Bonchev–Trinajstić information content (AvgIpc) is 2.29. The summed E-state index contributed by atoms with van der Waals surface area (Å²) in [6.45, 7) is 2.17. The van der Waals surface area contributed by atoms with E-state index in [0.29, 0.717) is 17.8 Å². The summed E-state index contributed by atoms with van der Waals surface area (Å²) < 4.78 is 0. The first kappa shape index (κ1) is 11.5. The number of pyridine rings is 1. The number of nitrogens with one attached hydrogen (secondary N) is 1. The Bertz CT molecular complexity index is 346. The molecule has 80 valence electrons. The molecule has 1 aromatic heterocycles. The molecule has 1 rings (SSSR count). The highest BCUT2D eigenvalue weighted by molar-refractivity contribution is 5.51. The maximum Gasteiger partial charge on any atom is 0.144 e. The zero-order valence-electron chi connectivity index (χ0n) is 8.77. The van der Waals surface area contributed by atoms with Gasteiger partial charge in [-0.1, -0.05) is 6.92 Å². The Kier molecular flexibility index (Phi) is 4.58. The lowest BCUT2D eigenvalue weighted by atomic mass is 10.1. The fraction of sp³-hybridized carbons (Fsp3) is 0.455. The number of aromatic nitrogens is 1. The van der Waals surface area contributed by atoms with Gasteiger partial charge in [0.15, 0.2) is 0 Å². The average molecular weight is 205 g/mol. The van der Waals surface area contributed by atoms with E-state index in [-0.39, 0.29) is 12.6 Å². The SMILES string of the molecule is CCC(CCO)Nc1ncccc1C#N. The smallest absolute Gasteiger partial charge is 0.144 e. The van der Waals surface area contributed by atoms with Crippen LogP contribution >= 0.6 is 0 Å². The Balaban J connectivity index is 2.74. The number of hydrogen-bond acceptors (Lipinski definition) is 4. The van der Waals surface area contributed by atoms with Gasteiger partial charge in [0.2, 0.25) is 0 Å². The van der Waals surface area contributed by atoms with Crippen LogP contribution in [-0.2, 0) is 0 Å². The quantitative estimate of drug-likeness (QED) is 0.764. The highest BCUT2D eigenvalue weighted by atomic mass is 16.3. The molecule has 4 nitrogen and oxygen atoms in total. The largest absolute Gasteiger partial charge is 0.396 e. The van der Waals surface area contributed by atoms with Gasteiger partial charge in [-0.2, -0.15) is 5.26 Å². The summed E-state index contributed by atoms with van der Waals surface area (Å²) in [7, 11) is 0. The molecule has 0 aliphatic carbocycles. The van der Waals surface area contributed by atoms with Crippen molar-refractivity contribution < 1.29 is 5.11 Å². The van der Waals surface area contributed by atoms with Crippen molar-refractivity contribution >= 4 is 5.82 Å². The lowest BCUT2D eigenvalue weighted by Gasteiger charge is -2.16. The molecule has 0 amide bonds. The Hall–Kier alpha value is -1.60. The van der Waals surface area contributed by atoms with Crippen LogP contribution in [0.15, 0.2) is 18.3 Å². The van der Waals surface area contributed by atoms with Gasteiger partial charge in [-0.15, -0.1) is 0 Å². The van der Waals surface area contributed by atoms with Gasteiger partial charge in [0.1, 0.15) is 11.9 Å². The second kappa shape index (κ2) is 5.99. The molecule has 0 aliphatic heterocycles. The van der Waals surface area contributed by atoms with Crippen molar-refractivity contribution in [2.24, 2.45) is 0 Å². The minimum Gasteiger partial charge on any atom is -0.396 e. The highest BCUT2D eigenvalue weighted by Crippen LogP contribution is 2.13. The summed E-state index contributed by atoms with van der Waals surface area (Å²) in [5, 5.41) is 20.9. The molecule has 0 spiro atoms. The molecule has 1 heterocycles. The molecule has 1 unspecified atom stereocenters. The standard InChI is InChI=1S/C11H15N3O/c1-2-10(5-7-15)14-11-9(8-12)4-3-6-13-11/h3-4,6,10,15H,2,5,7H2,1H3,(H,13,14). The summed E-state index contributed by atoms with van der Waals surface area (Å²) in [6.07, 6.45) is 3.20. The second-order valence-electron chi connectivity index (χ2n) is 3.27. The van der Waals surface area contributed by atoms with Crippen molar-refractivity contribution in [1.82, 2.24) is 4.98 Å². The molecule has 0 radical (unpaired) electrons. The Labute approximate surface area is 89.6 Å². The molecule has 0 aromatic carbocycles. The summed E-state index contributed by atoms with van der Waals surface area (Å²) in [4.78, 5) is 4.10. The monoisotopic (exact) mass is 205 g/mol. The molecule has 0 bridgehead atoms. The van der Waals surface area contributed by atoms with Crippen LogP contribution in [-0.4, -0.2) is 22.7 Å². The molecule has 1 atom stereocenters. The van der Waals surface area contributed by atoms with Gasteiger partial charge in [-0.25, -0.2) is 4.98 Å². The molecule has 15 heavy (non-hydrogen) atoms. The number of aliphatic hydroxyl groups is 1. The minimum atomic E-state index is 0.139. The molecule has 1 aromatic rings. The lowest BCUT2D eigenvalue weighted by Crippen LogP contribution is -2.21. The number of rotatable bonds is 5. The topological polar surface area (TPSA) is 68.9 Å². The molecule has 4 heteroatoms. The molecule has 0 saturated carbocycles. The van der Waals surface area contributed by atoms with Crippen molar-refractivity contribution in [3.05, 3.63) is 23.9 Å². The summed E-state index contributed by atoms with van der Waals surface area (Å²) >= 11 is 0. The van der Waals surface area contributed by atoms with E-state index in [0.717, 1.165) is 6.42 Å². The third-order valence-electron chi connectivity index (χ3n) is 2.24. The van der Waals surface area contributed by atoms with Crippen molar-refractivity contribution in [2.45, 2.75) is 25.8 Å². The first-order valence-electron chi connectivity index (χ1n) is 5.04. The van der Waals surface area contributed by atoms with Gasteiger partial charge >= 0.3 is 0 Å². The first-order chi connectivity index (χ1) is 7.31. The van der Waals surface area contributed by atoms with Crippen molar-refractivity contribution in [3.8, 4) is 6.07 Å². The van der Waals surface area contributed by atoms with Crippen LogP contribution in [0.1, 0.15) is 25.3 Å². The minimum absolute atomic E-state index is 0.139. The second-order valence-corrected chi connectivity index (χ2v) is 3.27. The predicted octanol–water partition coefficient (Wildman–Crippen LogP) is 1.53. The molecule has 0 fully saturated rings. The van der Waals surface area contributed by atoms with Crippen LogP contribution in [0.4, 0.5) is 5.82 Å². The summed E-state index contributed by atoms with van der Waals surface area (Å²) in [5.74, 6) is 0.598. The number of nitrogens with zero attached hydrogens (tertiary/aromatic N) is 2. The lowest BCUT2D eigenvalue weighted by molar-refractivity contribution is 0.278. The van der Waals surface area contributed by atoms with E-state index in [1.165, 1.54) is 0 Å². The first-order valence-corrected chi connectivity index (χ1v) is 5.04. The van der Waals surface area contributed by atoms with Gasteiger partial charge < -0.3 is 10.4 Å². The van der Waals surface area contributed by atoms with E-state index in [4.69, 9.17) is 10.4 Å². The fourth-order valence-electron chi connectivity index (χ4n) is 1.34. The fourth-order valence-corrected chi connectivity index (χ4v) is 1.34. The van der Waals surface area contributed by atoms with E-state index in [1.54, 1.807) is 18.3 Å². The molecule has 2 N–H and O–H groups in total. The normalized spacial score (nSPS) is 11.8. The van der Waals surface area contributed by atoms with Crippen molar-refractivity contribution in [1.29, 1.82) is 5.26 Å². The van der Waals surface area contributed by atoms with Crippen LogP contribution in [0.2, 0.25) is 0 Å². The van der Waals surface area contributed by atoms with Gasteiger partial charge in [0.25, 0.3) is 0 Å². The third-order valence-corrected chi connectivity index (χ3v) is 2.24. The number of nitriles is 1. The maximum atomic E-state index is 8.85. The molecule has 0 saturated heterocycles. The van der Waals surface area contributed by atoms with Gasteiger partial charge in [0, 0.05) is 18.8 Å². The number of hydrogen-bond donors (Lipinski definition) is 2. The maximum absolute atomic E-state index is 8.85. The number of anilines is 1. The Morgan fingerprint density at radius 3 is 3.07 bits per heavy atom. The van der Waals surface area contributed by atoms with Crippen LogP contribution in [0, 0.1) is 11.3 Å². The predicted molar refractivity (Wildman–Crippen MR) is 58.4 cm³/mol. The van der Waals surface area contributed by atoms with Gasteiger partial charge in [0.05, 0.1) is 5.56 Å². The van der Waals surface area contributed by atoms with E-state index in [1.807, 2.05) is 6.92 Å². The summed E-state index contributed by atoms with van der Waals surface area (Å²) in [5.41, 5.74) is 0.536. The number of aliphatic hydroxyl groups excluding tert-OH is 1. The third kappa shape index (κ3) is 3.22. The van der Waals surface area contributed by atoms with E-state index in [2.05, 4.69) is 16.4 Å². The summed E-state index contributed by atoms with van der Waals surface area (Å²) in [6, 6.07) is 5.70. The van der Waals surface area contributed by atoms with Gasteiger partial charge in [-0.3, -0.25) is 0 Å². The van der Waals surface area contributed by atoms with Crippen molar-refractivity contribution in [2.75, 3.05) is 11.9 Å². The van der Waals surface area contributed by atoms with Gasteiger partial charge in [-0.05, 0) is 25.0 Å². The Morgan fingerprint density at radius 2 is 2.47 bits per heavy atom. The van der Waals surface area contributed by atoms with Crippen LogP contribution < -0.4 is 5.32 Å². The molecule has 0 aliphatic rings. The van der Waals surface area contributed by atoms with E-state index in [9.17, 15) is 0 Å². The van der Waals surface area contributed by atoms with Crippen molar-refractivity contribution in [3.63, 3.8) is 0 Å². The van der Waals surface area contributed by atoms with Crippen LogP contribution in [0.5, 0.6) is 0 Å². The van der Waals surface area contributed by atoms with E-state index < -0.39 is 0 Å². The zero-order chi connectivity index (χ0) is 11.1. The zero-order valence-corrected chi connectivity index (χ0v) is 8.77. The Morgan fingerprint density at radius 1 is 1.67 bits per heavy atom. The van der Waals surface area contributed by atoms with E-state index >= 15 is 0 Å². The highest BCUT2D eigenvalue weighted by Gasteiger charge is 2.08. The van der Waals surface area contributed by atoms with Crippen LogP contribution in [0.25, 0.3) is 0 Å². The van der Waals surface area contributed by atoms with Crippen LogP contribution in [0.3, 0.4) is 0 Å². The molecular weight excluding hydrogens is 190 g/mol. The molecular formula is C11H15N3O.